The maximum Gasteiger partial charge on any atom is 0.220 e. The molecule has 25 heavy (non-hydrogen) atoms. The fourth-order valence-electron chi connectivity index (χ4n) is 3.95. The molecule has 2 aliphatic heterocycles. The average molecular weight is 336 g/mol. The molecule has 3 heterocycles. The van der Waals surface area contributed by atoms with Gasteiger partial charge in [-0.1, -0.05) is 24.3 Å². The molecule has 0 radical (unpaired) electrons. The van der Waals surface area contributed by atoms with Gasteiger partial charge in [-0.05, 0) is 43.8 Å². The van der Waals surface area contributed by atoms with Crippen LogP contribution in [0.25, 0.3) is 11.4 Å². The van der Waals surface area contributed by atoms with Crippen LogP contribution >= 0.6 is 0 Å². The van der Waals surface area contributed by atoms with Crippen molar-refractivity contribution in [2.45, 2.75) is 32.7 Å². The maximum absolute atomic E-state index is 11.5. The Balaban J connectivity index is 1.38. The van der Waals surface area contributed by atoms with E-state index >= 15 is 0 Å². The molecule has 2 aromatic rings. The number of nitrogens with zero attached hydrogens (tertiary/aromatic N) is 3. The number of carbonyl (C=O) groups excluding carboxylic acids is 1. The molecule has 5 heteroatoms. The predicted octanol–water partition coefficient (Wildman–Crippen LogP) is 2.55. The minimum absolute atomic E-state index is 0.207. The number of rotatable bonds is 3. The van der Waals surface area contributed by atoms with Gasteiger partial charge in [-0.25, -0.2) is 9.97 Å². The molecule has 2 fully saturated rings. The van der Waals surface area contributed by atoms with Crippen LogP contribution in [0.3, 0.4) is 0 Å². The third-order valence-electron chi connectivity index (χ3n) is 5.61. The summed E-state index contributed by atoms with van der Waals surface area (Å²) in [5.41, 5.74) is 3.64. The Kier molecular flexibility index (Phi) is 4.25. The maximum atomic E-state index is 11.5. The van der Waals surface area contributed by atoms with Gasteiger partial charge in [0.15, 0.2) is 5.82 Å². The van der Waals surface area contributed by atoms with Gasteiger partial charge >= 0.3 is 0 Å². The van der Waals surface area contributed by atoms with E-state index in [-0.39, 0.29) is 11.3 Å². The van der Waals surface area contributed by atoms with Crippen molar-refractivity contribution in [3.63, 3.8) is 0 Å². The Hall–Kier alpha value is -2.27. The minimum Gasteiger partial charge on any atom is -0.356 e. The van der Waals surface area contributed by atoms with Crippen molar-refractivity contribution in [1.82, 2.24) is 20.2 Å². The predicted molar refractivity (Wildman–Crippen MR) is 96.8 cm³/mol. The van der Waals surface area contributed by atoms with Crippen molar-refractivity contribution < 1.29 is 4.79 Å². The number of carbonyl (C=O) groups is 1. The minimum atomic E-state index is 0.207. The Labute approximate surface area is 148 Å². The molecule has 0 unspecified atom stereocenters. The SMILES string of the molecule is Cc1ccccc1-c1ncc(CN2CCC3(CC2)CNC(=O)C3)cn1. The summed E-state index contributed by atoms with van der Waals surface area (Å²) >= 11 is 0. The lowest BCUT2D eigenvalue weighted by Gasteiger charge is -2.38. The van der Waals surface area contributed by atoms with Gasteiger partial charge in [0.05, 0.1) is 0 Å². The molecule has 2 saturated heterocycles. The van der Waals surface area contributed by atoms with E-state index in [1.54, 1.807) is 0 Å². The molecule has 1 amide bonds. The van der Waals surface area contributed by atoms with Gasteiger partial charge in [-0.15, -0.1) is 0 Å². The third kappa shape index (κ3) is 3.42. The lowest BCUT2D eigenvalue weighted by Crippen LogP contribution is -2.40. The molecule has 0 bridgehead atoms. The highest BCUT2D eigenvalue weighted by molar-refractivity contribution is 5.79. The quantitative estimate of drug-likeness (QED) is 0.936. The number of aryl methyl sites for hydroxylation is 1. The summed E-state index contributed by atoms with van der Waals surface area (Å²) in [5.74, 6) is 1.00. The summed E-state index contributed by atoms with van der Waals surface area (Å²) in [5, 5.41) is 2.99. The van der Waals surface area contributed by atoms with Gasteiger partial charge in [0.25, 0.3) is 0 Å². The molecule has 0 atom stereocenters. The first-order chi connectivity index (χ1) is 12.1. The van der Waals surface area contributed by atoms with Crippen LogP contribution in [0.15, 0.2) is 36.7 Å². The van der Waals surface area contributed by atoms with Crippen LogP contribution in [0.5, 0.6) is 0 Å². The Morgan fingerprint density at radius 2 is 1.88 bits per heavy atom. The molecule has 1 aromatic carbocycles. The zero-order valence-electron chi connectivity index (χ0n) is 14.7. The monoisotopic (exact) mass is 336 g/mol. The van der Waals surface area contributed by atoms with Gasteiger partial charge in [-0.3, -0.25) is 9.69 Å². The molecule has 1 N–H and O–H groups in total. The fraction of sp³-hybridized carbons (Fsp3) is 0.450. The van der Waals surface area contributed by atoms with E-state index in [2.05, 4.69) is 39.2 Å². The van der Waals surface area contributed by atoms with Crippen LogP contribution in [-0.4, -0.2) is 40.4 Å². The van der Waals surface area contributed by atoms with Gasteiger partial charge in [0.2, 0.25) is 5.91 Å². The molecule has 0 aliphatic carbocycles. The van der Waals surface area contributed by atoms with Gasteiger partial charge in [0, 0.05) is 43.0 Å². The molecule has 0 saturated carbocycles. The normalized spacial score (nSPS) is 20.0. The molecule has 4 rings (SSSR count). The number of piperidine rings is 1. The molecule has 1 spiro atoms. The smallest absolute Gasteiger partial charge is 0.220 e. The lowest BCUT2D eigenvalue weighted by atomic mass is 9.77. The Morgan fingerprint density at radius 1 is 1.16 bits per heavy atom. The van der Waals surface area contributed by atoms with E-state index in [1.807, 2.05) is 24.5 Å². The second-order valence-electron chi connectivity index (χ2n) is 7.46. The van der Waals surface area contributed by atoms with Crippen molar-refractivity contribution in [3.8, 4) is 11.4 Å². The summed E-state index contributed by atoms with van der Waals surface area (Å²) in [7, 11) is 0. The molecule has 1 aromatic heterocycles. The van der Waals surface area contributed by atoms with E-state index in [9.17, 15) is 4.79 Å². The number of hydrogen-bond acceptors (Lipinski definition) is 4. The highest BCUT2D eigenvalue weighted by Crippen LogP contribution is 2.37. The number of benzene rings is 1. The van der Waals surface area contributed by atoms with Crippen LogP contribution in [0.4, 0.5) is 0 Å². The highest BCUT2D eigenvalue weighted by atomic mass is 16.1. The molecule has 2 aliphatic rings. The number of amides is 1. The van der Waals surface area contributed by atoms with E-state index in [0.717, 1.165) is 56.0 Å². The van der Waals surface area contributed by atoms with Crippen LogP contribution < -0.4 is 5.32 Å². The third-order valence-corrected chi connectivity index (χ3v) is 5.61. The number of nitrogens with one attached hydrogen (secondary N) is 1. The topological polar surface area (TPSA) is 58.1 Å². The summed E-state index contributed by atoms with van der Waals surface area (Å²) in [6, 6.07) is 8.19. The zero-order valence-corrected chi connectivity index (χ0v) is 14.7. The number of hydrogen-bond donors (Lipinski definition) is 1. The van der Waals surface area contributed by atoms with Gasteiger partial charge in [-0.2, -0.15) is 0 Å². The molecular weight excluding hydrogens is 312 g/mol. The van der Waals surface area contributed by atoms with E-state index < -0.39 is 0 Å². The van der Waals surface area contributed by atoms with Crippen LogP contribution in [0.1, 0.15) is 30.4 Å². The fourth-order valence-corrected chi connectivity index (χ4v) is 3.95. The first-order valence-corrected chi connectivity index (χ1v) is 9.00. The standard InChI is InChI=1S/C20H24N4O/c1-15-4-2-3-5-17(15)19-21-11-16(12-22-19)13-24-8-6-20(7-9-24)10-18(25)23-14-20/h2-5,11-12H,6-10,13-14H2,1H3,(H,23,25). The lowest BCUT2D eigenvalue weighted by molar-refractivity contribution is -0.119. The van der Waals surface area contributed by atoms with E-state index in [0.29, 0.717) is 6.42 Å². The van der Waals surface area contributed by atoms with Gasteiger partial charge in [0.1, 0.15) is 0 Å². The number of likely N-dealkylation sites (tertiary alicyclic amines) is 1. The summed E-state index contributed by atoms with van der Waals surface area (Å²) in [6.45, 7) is 5.89. The van der Waals surface area contributed by atoms with E-state index in [1.165, 1.54) is 5.56 Å². The summed E-state index contributed by atoms with van der Waals surface area (Å²) in [6.07, 6.45) is 6.77. The average Bonchev–Trinajstić information content (AvgIpc) is 2.99. The van der Waals surface area contributed by atoms with Crippen molar-refractivity contribution in [3.05, 3.63) is 47.8 Å². The van der Waals surface area contributed by atoms with Crippen LogP contribution in [0, 0.1) is 12.3 Å². The summed E-state index contributed by atoms with van der Waals surface area (Å²) in [4.78, 5) is 23.1. The second kappa shape index (κ2) is 6.56. The molecule has 5 nitrogen and oxygen atoms in total. The summed E-state index contributed by atoms with van der Waals surface area (Å²) < 4.78 is 0. The van der Waals surface area contributed by atoms with E-state index in [4.69, 9.17) is 0 Å². The van der Waals surface area contributed by atoms with Crippen LogP contribution in [0.2, 0.25) is 0 Å². The molecular formula is C20H24N4O. The number of aromatic nitrogens is 2. The van der Waals surface area contributed by atoms with Gasteiger partial charge < -0.3 is 5.32 Å². The second-order valence-corrected chi connectivity index (χ2v) is 7.46. The first kappa shape index (κ1) is 16.2. The van der Waals surface area contributed by atoms with Crippen molar-refractivity contribution in [1.29, 1.82) is 0 Å². The van der Waals surface area contributed by atoms with Crippen molar-refractivity contribution in [2.24, 2.45) is 5.41 Å². The Bertz CT molecular complexity index is 764. The van der Waals surface area contributed by atoms with Crippen molar-refractivity contribution >= 4 is 5.91 Å². The largest absolute Gasteiger partial charge is 0.356 e. The zero-order chi connectivity index (χ0) is 17.3. The highest BCUT2D eigenvalue weighted by Gasteiger charge is 2.40. The van der Waals surface area contributed by atoms with Crippen LogP contribution in [-0.2, 0) is 11.3 Å². The Morgan fingerprint density at radius 3 is 2.52 bits per heavy atom. The first-order valence-electron chi connectivity index (χ1n) is 9.00. The molecule has 130 valence electrons. The van der Waals surface area contributed by atoms with Crippen molar-refractivity contribution in [2.75, 3.05) is 19.6 Å².